The maximum atomic E-state index is 12.4. The third-order valence-electron chi connectivity index (χ3n) is 3.97. The largest absolute Gasteiger partial charge is 0.481 e. The number of likely N-dealkylation sites (tertiary alicyclic amines) is 1. The number of pyridine rings is 1. The second kappa shape index (κ2) is 6.50. The number of carboxylic acid groups (broad SMARTS) is 1. The molecule has 2 atom stereocenters. The van der Waals surface area contributed by atoms with Crippen LogP contribution in [0.15, 0.2) is 24.5 Å². The van der Waals surface area contributed by atoms with Crippen molar-refractivity contribution in [3.8, 4) is 0 Å². The van der Waals surface area contributed by atoms with Gasteiger partial charge in [-0.25, -0.2) is 0 Å². The maximum absolute atomic E-state index is 12.4. The molecule has 2 unspecified atom stereocenters. The first-order valence-corrected chi connectivity index (χ1v) is 6.99. The van der Waals surface area contributed by atoms with E-state index >= 15 is 0 Å². The molecule has 2 heterocycles. The minimum Gasteiger partial charge on any atom is -0.481 e. The molecular weight excluding hydrogens is 256 g/mol. The van der Waals surface area contributed by atoms with Crippen molar-refractivity contribution in [1.82, 2.24) is 9.88 Å². The molecule has 20 heavy (non-hydrogen) atoms. The summed E-state index contributed by atoms with van der Waals surface area (Å²) in [7, 11) is 0. The zero-order valence-corrected chi connectivity index (χ0v) is 11.7. The molecule has 1 saturated heterocycles. The fraction of sp³-hybridized carbons (Fsp3) is 0.533. The van der Waals surface area contributed by atoms with E-state index in [2.05, 4.69) is 4.98 Å². The van der Waals surface area contributed by atoms with Crippen molar-refractivity contribution in [2.75, 3.05) is 13.1 Å². The summed E-state index contributed by atoms with van der Waals surface area (Å²) in [5.74, 6) is -0.388. The summed E-state index contributed by atoms with van der Waals surface area (Å²) in [6.45, 7) is 3.35. The Labute approximate surface area is 118 Å². The molecule has 1 aromatic heterocycles. The van der Waals surface area contributed by atoms with Gasteiger partial charge in [-0.05, 0) is 36.8 Å². The summed E-state index contributed by atoms with van der Waals surface area (Å²) in [4.78, 5) is 28.9. The second-order valence-electron chi connectivity index (χ2n) is 5.46. The number of aliphatic carboxylic acids is 1. The average Bonchev–Trinajstić information content (AvgIpc) is 2.47. The number of rotatable bonds is 4. The Balaban J connectivity index is 2.00. The van der Waals surface area contributed by atoms with Gasteiger partial charge in [0, 0.05) is 37.5 Å². The zero-order valence-electron chi connectivity index (χ0n) is 11.7. The summed E-state index contributed by atoms with van der Waals surface area (Å²) >= 11 is 0. The van der Waals surface area contributed by atoms with E-state index in [-0.39, 0.29) is 24.2 Å². The minimum absolute atomic E-state index is 0.0135. The normalized spacial score (nSPS) is 20.4. The first-order chi connectivity index (χ1) is 9.58. The lowest BCUT2D eigenvalue weighted by Crippen LogP contribution is -2.42. The number of piperidine rings is 1. The third-order valence-corrected chi connectivity index (χ3v) is 3.97. The van der Waals surface area contributed by atoms with Crippen molar-refractivity contribution in [3.05, 3.63) is 30.1 Å². The van der Waals surface area contributed by atoms with Gasteiger partial charge in [0.05, 0.1) is 0 Å². The van der Waals surface area contributed by atoms with Crippen LogP contribution in [0.5, 0.6) is 0 Å². The van der Waals surface area contributed by atoms with E-state index in [1.54, 1.807) is 24.5 Å². The number of hydrogen-bond acceptors (Lipinski definition) is 3. The van der Waals surface area contributed by atoms with Gasteiger partial charge in [-0.3, -0.25) is 14.6 Å². The number of amides is 1. The highest BCUT2D eigenvalue weighted by Crippen LogP contribution is 2.26. The molecule has 5 nitrogen and oxygen atoms in total. The third kappa shape index (κ3) is 3.56. The minimum atomic E-state index is -0.768. The molecule has 2 rings (SSSR count). The van der Waals surface area contributed by atoms with Gasteiger partial charge in [0.1, 0.15) is 0 Å². The summed E-state index contributed by atoms with van der Waals surface area (Å²) in [5, 5.41) is 8.88. The SMILES string of the molecule is CC(CC(=O)O)C1CCCN(C(=O)c2ccncc2)C1. The van der Waals surface area contributed by atoms with Gasteiger partial charge in [0.15, 0.2) is 0 Å². The van der Waals surface area contributed by atoms with Crippen LogP contribution >= 0.6 is 0 Å². The number of aromatic nitrogens is 1. The average molecular weight is 276 g/mol. The molecule has 1 aliphatic heterocycles. The van der Waals surface area contributed by atoms with Gasteiger partial charge < -0.3 is 10.0 Å². The lowest BCUT2D eigenvalue weighted by molar-refractivity contribution is -0.138. The van der Waals surface area contributed by atoms with Crippen molar-refractivity contribution in [1.29, 1.82) is 0 Å². The quantitative estimate of drug-likeness (QED) is 0.913. The van der Waals surface area contributed by atoms with Crippen LogP contribution in [0.3, 0.4) is 0 Å². The zero-order chi connectivity index (χ0) is 14.5. The molecule has 1 aromatic rings. The van der Waals surface area contributed by atoms with E-state index in [1.807, 2.05) is 11.8 Å². The van der Waals surface area contributed by atoms with Gasteiger partial charge in [-0.1, -0.05) is 6.92 Å². The Hall–Kier alpha value is -1.91. The monoisotopic (exact) mass is 276 g/mol. The van der Waals surface area contributed by atoms with Crippen LogP contribution in [0.25, 0.3) is 0 Å². The predicted octanol–water partition coefficient (Wildman–Crippen LogP) is 2.04. The van der Waals surface area contributed by atoms with Crippen LogP contribution in [0.2, 0.25) is 0 Å². The standard InChI is InChI=1S/C15H20N2O3/c1-11(9-14(18)19)13-3-2-8-17(10-13)15(20)12-4-6-16-7-5-12/h4-7,11,13H,2-3,8-10H2,1H3,(H,18,19). The predicted molar refractivity (Wildman–Crippen MR) is 74.3 cm³/mol. The molecule has 0 bridgehead atoms. The van der Waals surface area contributed by atoms with Gasteiger partial charge in [-0.15, -0.1) is 0 Å². The highest BCUT2D eigenvalue weighted by molar-refractivity contribution is 5.94. The smallest absolute Gasteiger partial charge is 0.303 e. The van der Waals surface area contributed by atoms with Crippen LogP contribution in [0.4, 0.5) is 0 Å². The number of carbonyl (C=O) groups excluding carboxylic acids is 1. The summed E-state index contributed by atoms with van der Waals surface area (Å²) in [6.07, 6.45) is 5.32. The molecular formula is C15H20N2O3. The van der Waals surface area contributed by atoms with E-state index in [9.17, 15) is 9.59 Å². The van der Waals surface area contributed by atoms with E-state index in [1.165, 1.54) is 0 Å². The fourth-order valence-electron chi connectivity index (χ4n) is 2.78. The van der Waals surface area contributed by atoms with Gasteiger partial charge >= 0.3 is 5.97 Å². The fourth-order valence-corrected chi connectivity index (χ4v) is 2.78. The molecule has 108 valence electrons. The Bertz CT molecular complexity index is 475. The van der Waals surface area contributed by atoms with Crippen LogP contribution < -0.4 is 0 Å². The summed E-state index contributed by atoms with van der Waals surface area (Å²) in [5.41, 5.74) is 0.645. The first-order valence-electron chi connectivity index (χ1n) is 6.99. The first kappa shape index (κ1) is 14.5. The Morgan fingerprint density at radius 3 is 2.80 bits per heavy atom. The molecule has 0 radical (unpaired) electrons. The lowest BCUT2D eigenvalue weighted by Gasteiger charge is -2.35. The van der Waals surface area contributed by atoms with Crippen LogP contribution in [-0.2, 0) is 4.79 Å². The molecule has 1 fully saturated rings. The van der Waals surface area contributed by atoms with Gasteiger partial charge in [-0.2, -0.15) is 0 Å². The molecule has 1 amide bonds. The number of nitrogens with zero attached hydrogens (tertiary/aromatic N) is 2. The van der Waals surface area contributed by atoms with Crippen LogP contribution in [0.1, 0.15) is 36.5 Å². The molecule has 0 aromatic carbocycles. The maximum Gasteiger partial charge on any atom is 0.303 e. The summed E-state index contributed by atoms with van der Waals surface area (Å²) in [6, 6.07) is 3.43. The Morgan fingerprint density at radius 2 is 2.15 bits per heavy atom. The van der Waals surface area contributed by atoms with E-state index in [0.29, 0.717) is 12.1 Å². The molecule has 0 aliphatic carbocycles. The highest BCUT2D eigenvalue weighted by atomic mass is 16.4. The van der Waals surface area contributed by atoms with Crippen molar-refractivity contribution >= 4 is 11.9 Å². The molecule has 5 heteroatoms. The molecule has 0 saturated carbocycles. The van der Waals surface area contributed by atoms with E-state index in [0.717, 1.165) is 19.4 Å². The second-order valence-corrected chi connectivity index (χ2v) is 5.46. The van der Waals surface area contributed by atoms with Crippen molar-refractivity contribution in [2.45, 2.75) is 26.2 Å². The van der Waals surface area contributed by atoms with Crippen molar-refractivity contribution in [3.63, 3.8) is 0 Å². The highest BCUT2D eigenvalue weighted by Gasteiger charge is 2.28. The Morgan fingerprint density at radius 1 is 1.45 bits per heavy atom. The van der Waals surface area contributed by atoms with Gasteiger partial charge in [0.25, 0.3) is 5.91 Å². The molecule has 1 aliphatic rings. The Kier molecular flexibility index (Phi) is 4.71. The topological polar surface area (TPSA) is 70.5 Å². The summed E-state index contributed by atoms with van der Waals surface area (Å²) < 4.78 is 0. The number of carbonyl (C=O) groups is 2. The van der Waals surface area contributed by atoms with Crippen molar-refractivity contribution < 1.29 is 14.7 Å². The van der Waals surface area contributed by atoms with E-state index in [4.69, 9.17) is 5.11 Å². The number of carboxylic acids is 1. The van der Waals surface area contributed by atoms with Crippen LogP contribution in [0, 0.1) is 11.8 Å². The number of hydrogen-bond donors (Lipinski definition) is 1. The molecule has 0 spiro atoms. The lowest BCUT2D eigenvalue weighted by atomic mass is 9.84. The van der Waals surface area contributed by atoms with Crippen LogP contribution in [-0.4, -0.2) is 40.0 Å². The molecule has 1 N–H and O–H groups in total. The van der Waals surface area contributed by atoms with E-state index < -0.39 is 5.97 Å². The van der Waals surface area contributed by atoms with Gasteiger partial charge in [0.2, 0.25) is 0 Å². The van der Waals surface area contributed by atoms with Crippen molar-refractivity contribution in [2.24, 2.45) is 11.8 Å².